The highest BCUT2D eigenvalue weighted by Gasteiger charge is 2.33. The lowest BCUT2D eigenvalue weighted by molar-refractivity contribution is -0.119. The van der Waals surface area contributed by atoms with Crippen LogP contribution in [0.15, 0.2) is 146 Å². The van der Waals surface area contributed by atoms with Gasteiger partial charge in [-0.2, -0.15) is 0 Å². The van der Waals surface area contributed by atoms with E-state index in [4.69, 9.17) is 18.9 Å². The predicted octanol–water partition coefficient (Wildman–Crippen LogP) is 11.5. The molecule has 8 rings (SSSR count). The third kappa shape index (κ3) is 9.15. The third-order valence-electron chi connectivity index (χ3n) is 9.54. The number of halogens is 1. The van der Waals surface area contributed by atoms with Crippen molar-refractivity contribution in [3.63, 3.8) is 0 Å². The van der Waals surface area contributed by atoms with Crippen LogP contribution in [0, 0.1) is 0 Å². The quantitative estimate of drug-likeness (QED) is 0.142. The number of para-hydroxylation sites is 8. The first-order valence-electron chi connectivity index (χ1n) is 18.9. The second-order valence-electron chi connectivity index (χ2n) is 15.1. The number of carbonyl (C=O) groups excluding carboxylic acids is 1. The van der Waals surface area contributed by atoms with Crippen LogP contribution in [0.3, 0.4) is 0 Å². The van der Waals surface area contributed by atoms with Crippen LogP contribution in [0.25, 0.3) is 0 Å². The Morgan fingerprint density at radius 2 is 1.12 bits per heavy atom. The first-order valence-corrected chi connectivity index (χ1v) is 18.9. The molecule has 0 spiro atoms. The minimum Gasteiger partial charge on any atom is -0.487 e. The number of benzene rings is 6. The summed E-state index contributed by atoms with van der Waals surface area (Å²) in [7, 11) is 0. The maximum Gasteiger partial charge on any atom is 0.258 e. The molecule has 2 heterocycles. The summed E-state index contributed by atoms with van der Waals surface area (Å²) in [6, 6.07) is 46.6. The highest BCUT2D eigenvalue weighted by Crippen LogP contribution is 2.41. The minimum absolute atomic E-state index is 0.132. The number of fused-ring (bicyclic) bond motifs is 2. The molecule has 6 aromatic rings. The van der Waals surface area contributed by atoms with Gasteiger partial charge in [-0.25, -0.2) is 4.39 Å². The van der Waals surface area contributed by atoms with Crippen molar-refractivity contribution < 1.29 is 28.1 Å². The highest BCUT2D eigenvalue weighted by molar-refractivity contribution is 5.95. The number of carbonyl (C=O) groups is 1. The molecule has 8 heteroatoms. The van der Waals surface area contributed by atoms with Gasteiger partial charge in [0.05, 0.1) is 17.9 Å². The van der Waals surface area contributed by atoms with Crippen molar-refractivity contribution in [3.05, 3.63) is 168 Å². The van der Waals surface area contributed by atoms with E-state index in [1.165, 1.54) is 16.0 Å². The van der Waals surface area contributed by atoms with E-state index in [1.807, 2.05) is 123 Å². The average Bonchev–Trinajstić information content (AvgIpc) is 3.71. The molecule has 2 aliphatic rings. The summed E-state index contributed by atoms with van der Waals surface area (Å²) >= 11 is 0. The SMILES string of the molecule is CC1(C)Cc2cccc(CN(C(=O)CF)c3ccccc3Oc3ccccc3)c2O1.CC1(C)Cc2cccc(CNc3ccccc3Oc3ccccc3)c2O1. The Balaban J connectivity index is 0.000000173. The summed E-state index contributed by atoms with van der Waals surface area (Å²) in [5, 5.41) is 3.50. The lowest BCUT2D eigenvalue weighted by Crippen LogP contribution is -2.32. The maximum atomic E-state index is 13.5. The van der Waals surface area contributed by atoms with Crippen LogP contribution in [-0.4, -0.2) is 23.8 Å². The summed E-state index contributed by atoms with van der Waals surface area (Å²) in [5.74, 6) is 3.93. The zero-order valence-corrected chi connectivity index (χ0v) is 32.3. The van der Waals surface area contributed by atoms with E-state index in [-0.39, 0.29) is 17.7 Å². The number of rotatable bonds is 11. The summed E-state index contributed by atoms with van der Waals surface area (Å²) in [5.41, 5.74) is 5.43. The topological polar surface area (TPSA) is 69.3 Å². The van der Waals surface area contributed by atoms with Crippen LogP contribution in [-0.2, 0) is 30.7 Å². The Morgan fingerprint density at radius 1 is 0.625 bits per heavy atom. The fourth-order valence-electron chi connectivity index (χ4n) is 7.06. The molecule has 0 bridgehead atoms. The number of hydrogen-bond acceptors (Lipinski definition) is 6. The van der Waals surface area contributed by atoms with Gasteiger partial charge in [0.25, 0.3) is 5.91 Å². The van der Waals surface area contributed by atoms with Gasteiger partial charge in [-0.1, -0.05) is 97.1 Å². The van der Waals surface area contributed by atoms with Crippen molar-refractivity contribution in [2.24, 2.45) is 0 Å². The van der Waals surface area contributed by atoms with E-state index >= 15 is 0 Å². The Morgan fingerprint density at radius 3 is 1.73 bits per heavy atom. The second-order valence-corrected chi connectivity index (χ2v) is 15.1. The van der Waals surface area contributed by atoms with Gasteiger partial charge in [-0.05, 0) is 87.4 Å². The number of alkyl halides is 1. The lowest BCUT2D eigenvalue weighted by atomic mass is 10.0. The Kier molecular flexibility index (Phi) is 11.3. The van der Waals surface area contributed by atoms with Gasteiger partial charge in [0.1, 0.15) is 34.2 Å². The van der Waals surface area contributed by atoms with Gasteiger partial charge >= 0.3 is 0 Å². The Labute approximate surface area is 328 Å². The van der Waals surface area contributed by atoms with Crippen LogP contribution < -0.4 is 29.2 Å². The van der Waals surface area contributed by atoms with E-state index in [0.717, 1.165) is 52.7 Å². The molecule has 0 atom stereocenters. The van der Waals surface area contributed by atoms with Crippen LogP contribution in [0.2, 0.25) is 0 Å². The van der Waals surface area contributed by atoms with Gasteiger partial charge < -0.3 is 29.2 Å². The zero-order chi connectivity index (χ0) is 39.1. The molecular formula is C48H47FN2O5. The van der Waals surface area contributed by atoms with Crippen molar-refractivity contribution in [2.75, 3.05) is 16.9 Å². The van der Waals surface area contributed by atoms with Crippen LogP contribution in [0.1, 0.15) is 49.9 Å². The molecule has 0 radical (unpaired) electrons. The van der Waals surface area contributed by atoms with E-state index in [0.29, 0.717) is 23.7 Å². The van der Waals surface area contributed by atoms with Crippen LogP contribution in [0.5, 0.6) is 34.5 Å². The number of nitrogens with zero attached hydrogens (tertiary/aromatic N) is 1. The van der Waals surface area contributed by atoms with E-state index in [2.05, 4.69) is 37.4 Å². The van der Waals surface area contributed by atoms with Gasteiger partial charge in [-0.15, -0.1) is 0 Å². The summed E-state index contributed by atoms with van der Waals surface area (Å²) < 4.78 is 37.9. The second kappa shape index (κ2) is 16.6. The number of nitrogens with one attached hydrogen (secondary N) is 1. The molecule has 0 fully saturated rings. The molecular weight excluding hydrogens is 704 g/mol. The van der Waals surface area contributed by atoms with Crippen molar-refractivity contribution in [1.82, 2.24) is 0 Å². The fraction of sp³-hybridized carbons (Fsp3) is 0.229. The number of hydrogen-bond donors (Lipinski definition) is 1. The monoisotopic (exact) mass is 750 g/mol. The molecule has 7 nitrogen and oxygen atoms in total. The van der Waals surface area contributed by atoms with Crippen molar-refractivity contribution in [3.8, 4) is 34.5 Å². The molecule has 1 N–H and O–H groups in total. The summed E-state index contributed by atoms with van der Waals surface area (Å²) in [4.78, 5) is 14.0. The van der Waals surface area contributed by atoms with Gasteiger partial charge in [0.2, 0.25) is 0 Å². The molecule has 0 aliphatic carbocycles. The van der Waals surface area contributed by atoms with Crippen LogP contribution >= 0.6 is 0 Å². The average molecular weight is 751 g/mol. The molecule has 56 heavy (non-hydrogen) atoms. The largest absolute Gasteiger partial charge is 0.487 e. The zero-order valence-electron chi connectivity index (χ0n) is 32.3. The molecule has 286 valence electrons. The molecule has 0 saturated heterocycles. The number of ether oxygens (including phenoxy) is 4. The van der Waals surface area contributed by atoms with E-state index in [9.17, 15) is 9.18 Å². The van der Waals surface area contributed by atoms with Gasteiger partial charge in [0.15, 0.2) is 18.2 Å². The molecule has 0 unspecified atom stereocenters. The standard InChI is InChI=1S/C25H24FNO3.C23H23NO2/c1-25(2)15-18-9-8-10-19(24(18)30-25)17-27(23(28)16-26)21-13-6-7-14-22(21)29-20-11-4-3-5-12-20;1-23(2)15-17-9-8-10-18(22(17)26-23)16-24-20-13-6-7-14-21(20)25-19-11-4-3-5-12-19/h3-14H,15-17H2,1-2H3;3-14,24H,15-16H2,1-2H3. The maximum absolute atomic E-state index is 13.5. The molecule has 0 aromatic heterocycles. The van der Waals surface area contributed by atoms with Crippen molar-refractivity contribution in [2.45, 2.75) is 64.8 Å². The van der Waals surface area contributed by atoms with Crippen LogP contribution in [0.4, 0.5) is 15.8 Å². The summed E-state index contributed by atoms with van der Waals surface area (Å²) in [6.45, 7) is 8.11. The number of amides is 1. The van der Waals surface area contributed by atoms with E-state index < -0.39 is 12.6 Å². The molecule has 1 amide bonds. The molecule has 6 aromatic carbocycles. The first kappa shape index (κ1) is 38.0. The predicted molar refractivity (Wildman–Crippen MR) is 220 cm³/mol. The highest BCUT2D eigenvalue weighted by atomic mass is 19.1. The smallest absolute Gasteiger partial charge is 0.258 e. The molecule has 2 aliphatic heterocycles. The van der Waals surface area contributed by atoms with Gasteiger partial charge in [-0.3, -0.25) is 4.79 Å². The minimum atomic E-state index is -1.10. The Hall–Kier alpha value is -6.28. The van der Waals surface area contributed by atoms with E-state index in [1.54, 1.807) is 18.2 Å². The lowest BCUT2D eigenvalue weighted by Gasteiger charge is -2.25. The first-order chi connectivity index (χ1) is 27.1. The summed E-state index contributed by atoms with van der Waals surface area (Å²) in [6.07, 6.45) is 1.74. The number of anilines is 2. The fourth-order valence-corrected chi connectivity index (χ4v) is 7.06. The third-order valence-corrected chi connectivity index (χ3v) is 9.54. The molecule has 0 saturated carbocycles. The van der Waals surface area contributed by atoms with Crippen molar-refractivity contribution >= 4 is 17.3 Å². The van der Waals surface area contributed by atoms with Gasteiger partial charge in [0, 0.05) is 30.5 Å². The Bertz CT molecular complexity index is 2280. The normalized spacial score (nSPS) is 14.2. The van der Waals surface area contributed by atoms with Crippen molar-refractivity contribution in [1.29, 1.82) is 0 Å².